The zero-order valence-corrected chi connectivity index (χ0v) is 14.3. The van der Waals surface area contributed by atoms with Gasteiger partial charge >= 0.3 is 6.18 Å². The lowest BCUT2D eigenvalue weighted by Crippen LogP contribution is -2.48. The summed E-state index contributed by atoms with van der Waals surface area (Å²) in [5, 5.41) is 3.85. The highest BCUT2D eigenvalue weighted by atomic mass is 19.4. The highest BCUT2D eigenvalue weighted by molar-refractivity contribution is 5.94. The molecule has 140 valence electrons. The van der Waals surface area contributed by atoms with E-state index in [2.05, 4.69) is 15.0 Å². The molecule has 1 fully saturated rings. The van der Waals surface area contributed by atoms with Crippen LogP contribution >= 0.6 is 0 Å². The topological polar surface area (TPSA) is 62.5 Å². The van der Waals surface area contributed by atoms with Crippen molar-refractivity contribution < 1.29 is 22.5 Å². The maximum Gasteiger partial charge on any atom is 0.416 e. The lowest BCUT2D eigenvalue weighted by molar-refractivity contribution is -0.137. The highest BCUT2D eigenvalue weighted by Gasteiger charge is 2.30. The van der Waals surface area contributed by atoms with Crippen molar-refractivity contribution in [3.05, 3.63) is 47.1 Å². The second-order valence-corrected chi connectivity index (χ2v) is 6.10. The Balaban J connectivity index is 1.54. The molecule has 1 aliphatic rings. The van der Waals surface area contributed by atoms with Gasteiger partial charge in [0.25, 0.3) is 5.91 Å². The van der Waals surface area contributed by atoms with Crippen molar-refractivity contribution in [1.29, 1.82) is 0 Å². The fourth-order valence-electron chi connectivity index (χ4n) is 2.78. The van der Waals surface area contributed by atoms with E-state index in [4.69, 9.17) is 4.52 Å². The van der Waals surface area contributed by atoms with Gasteiger partial charge in [-0.1, -0.05) is 12.1 Å². The highest BCUT2D eigenvalue weighted by Crippen LogP contribution is 2.29. The van der Waals surface area contributed by atoms with Crippen LogP contribution in [-0.4, -0.2) is 52.0 Å². The smallest absolute Gasteiger partial charge is 0.338 e. The van der Waals surface area contributed by atoms with Crippen molar-refractivity contribution >= 4 is 5.91 Å². The number of rotatable bonds is 4. The van der Waals surface area contributed by atoms with Crippen LogP contribution in [0, 0.1) is 0 Å². The fraction of sp³-hybridized carbons (Fsp3) is 0.471. The lowest BCUT2D eigenvalue weighted by atomic mass is 10.1. The molecule has 0 atom stereocenters. The predicted molar refractivity (Wildman–Crippen MR) is 86.3 cm³/mol. The van der Waals surface area contributed by atoms with Crippen LogP contribution in [0.1, 0.15) is 34.6 Å². The van der Waals surface area contributed by atoms with Gasteiger partial charge in [0.2, 0.25) is 5.89 Å². The van der Waals surface area contributed by atoms with Crippen LogP contribution in [0.5, 0.6) is 0 Å². The van der Waals surface area contributed by atoms with Crippen molar-refractivity contribution in [2.75, 3.05) is 26.2 Å². The molecule has 1 aliphatic heterocycles. The van der Waals surface area contributed by atoms with Crippen molar-refractivity contribution in [1.82, 2.24) is 19.9 Å². The van der Waals surface area contributed by atoms with Gasteiger partial charge in [0.1, 0.15) is 0 Å². The number of piperazine rings is 1. The number of alkyl halides is 3. The van der Waals surface area contributed by atoms with Gasteiger partial charge in [-0.25, -0.2) is 0 Å². The fourth-order valence-corrected chi connectivity index (χ4v) is 2.78. The number of aryl methyl sites for hydroxylation is 1. The minimum absolute atomic E-state index is 0.260. The number of halogens is 3. The number of benzene rings is 1. The van der Waals surface area contributed by atoms with E-state index < -0.39 is 11.7 Å². The number of carbonyl (C=O) groups excluding carboxylic acids is 1. The molecule has 0 radical (unpaired) electrons. The first kappa shape index (κ1) is 18.4. The average molecular weight is 368 g/mol. The van der Waals surface area contributed by atoms with Gasteiger partial charge in [-0.2, -0.15) is 18.2 Å². The van der Waals surface area contributed by atoms with Crippen molar-refractivity contribution in [3.8, 4) is 0 Å². The Bertz CT molecular complexity index is 750. The molecule has 3 rings (SSSR count). The molecule has 0 saturated carbocycles. The van der Waals surface area contributed by atoms with Crippen LogP contribution in [0.25, 0.3) is 0 Å². The van der Waals surface area contributed by atoms with Crippen molar-refractivity contribution in [2.24, 2.45) is 0 Å². The molecule has 2 heterocycles. The van der Waals surface area contributed by atoms with Crippen LogP contribution in [0.3, 0.4) is 0 Å². The first-order valence-electron chi connectivity index (χ1n) is 8.37. The molecule has 0 unspecified atom stereocenters. The zero-order valence-electron chi connectivity index (χ0n) is 14.3. The maximum absolute atomic E-state index is 12.6. The predicted octanol–water partition coefficient (Wildman–Crippen LogP) is 2.61. The summed E-state index contributed by atoms with van der Waals surface area (Å²) in [5.41, 5.74) is -0.499. The average Bonchev–Trinajstić information content (AvgIpc) is 3.09. The van der Waals surface area contributed by atoms with E-state index >= 15 is 0 Å². The largest absolute Gasteiger partial charge is 0.416 e. The molecule has 1 saturated heterocycles. The number of nitrogens with zero attached hydrogens (tertiary/aromatic N) is 4. The molecule has 0 spiro atoms. The van der Waals surface area contributed by atoms with Crippen LogP contribution in [0.2, 0.25) is 0 Å². The van der Waals surface area contributed by atoms with Gasteiger partial charge in [-0.3, -0.25) is 9.69 Å². The summed E-state index contributed by atoms with van der Waals surface area (Å²) >= 11 is 0. The van der Waals surface area contributed by atoms with Crippen molar-refractivity contribution in [3.63, 3.8) is 0 Å². The number of amides is 1. The van der Waals surface area contributed by atoms with E-state index in [0.717, 1.165) is 12.1 Å². The third-order valence-electron chi connectivity index (χ3n) is 4.30. The number of hydrogen-bond donors (Lipinski definition) is 0. The normalized spacial score (nSPS) is 16.1. The summed E-state index contributed by atoms with van der Waals surface area (Å²) < 4.78 is 43.0. The molecule has 0 bridgehead atoms. The summed E-state index contributed by atoms with van der Waals surface area (Å²) in [6, 6.07) is 4.32. The minimum atomic E-state index is -4.40. The zero-order chi connectivity index (χ0) is 18.7. The quantitative estimate of drug-likeness (QED) is 0.830. The first-order chi connectivity index (χ1) is 12.4. The van der Waals surface area contributed by atoms with E-state index in [1.807, 2.05) is 6.92 Å². The van der Waals surface area contributed by atoms with E-state index in [-0.39, 0.29) is 11.5 Å². The molecule has 26 heavy (non-hydrogen) atoms. The molecular weight excluding hydrogens is 349 g/mol. The van der Waals surface area contributed by atoms with Gasteiger partial charge in [-0.15, -0.1) is 0 Å². The molecule has 0 aliphatic carbocycles. The van der Waals surface area contributed by atoms with Gasteiger partial charge in [0, 0.05) is 38.2 Å². The van der Waals surface area contributed by atoms with Gasteiger partial charge < -0.3 is 9.42 Å². The summed E-state index contributed by atoms with van der Waals surface area (Å²) in [7, 11) is 0. The maximum atomic E-state index is 12.6. The summed E-state index contributed by atoms with van der Waals surface area (Å²) in [5.74, 6) is 0.949. The van der Waals surface area contributed by atoms with E-state index in [1.54, 1.807) is 4.90 Å². The summed E-state index contributed by atoms with van der Waals surface area (Å²) in [4.78, 5) is 20.5. The number of carbonyl (C=O) groups is 1. The molecular formula is C17H19F3N4O2. The Morgan fingerprint density at radius 2 is 1.81 bits per heavy atom. The van der Waals surface area contributed by atoms with Gasteiger partial charge in [-0.05, 0) is 24.3 Å². The van der Waals surface area contributed by atoms with Gasteiger partial charge in [0.05, 0.1) is 12.1 Å². The molecule has 9 heteroatoms. The third-order valence-corrected chi connectivity index (χ3v) is 4.30. The van der Waals surface area contributed by atoms with Crippen LogP contribution < -0.4 is 0 Å². The van der Waals surface area contributed by atoms with E-state index in [0.29, 0.717) is 50.9 Å². The second kappa shape index (κ2) is 7.45. The van der Waals surface area contributed by atoms with Crippen LogP contribution in [0.15, 0.2) is 28.8 Å². The molecule has 0 N–H and O–H groups in total. The van der Waals surface area contributed by atoms with E-state index in [9.17, 15) is 18.0 Å². The second-order valence-electron chi connectivity index (χ2n) is 6.10. The lowest BCUT2D eigenvalue weighted by Gasteiger charge is -2.34. The summed E-state index contributed by atoms with van der Waals surface area (Å²) in [6.07, 6.45) is -3.70. The molecule has 6 nitrogen and oxygen atoms in total. The Morgan fingerprint density at radius 3 is 2.35 bits per heavy atom. The molecule has 1 amide bonds. The van der Waals surface area contributed by atoms with Crippen LogP contribution in [-0.2, 0) is 19.1 Å². The first-order valence-corrected chi connectivity index (χ1v) is 8.37. The Labute approximate surface area is 148 Å². The molecule has 1 aromatic carbocycles. The Hall–Kier alpha value is -2.42. The van der Waals surface area contributed by atoms with Crippen molar-refractivity contribution in [2.45, 2.75) is 26.1 Å². The van der Waals surface area contributed by atoms with Crippen LogP contribution in [0.4, 0.5) is 13.2 Å². The molecule has 1 aromatic heterocycles. The number of aromatic nitrogens is 2. The number of hydrogen-bond acceptors (Lipinski definition) is 5. The SMILES string of the molecule is CCc1noc(CN2CCN(C(=O)c3ccc(C(F)(F)F)cc3)CC2)n1. The van der Waals surface area contributed by atoms with Gasteiger partial charge in [0.15, 0.2) is 5.82 Å². The van der Waals surface area contributed by atoms with E-state index in [1.165, 1.54) is 12.1 Å². The Kier molecular flexibility index (Phi) is 5.26. The minimum Gasteiger partial charge on any atom is -0.338 e. The standard InChI is InChI=1S/C17H19F3N4O2/c1-2-14-21-15(26-22-14)11-23-7-9-24(10-8-23)16(25)12-3-5-13(6-4-12)17(18,19)20/h3-6H,2,7-11H2,1H3. The summed E-state index contributed by atoms with van der Waals surface area (Å²) in [6.45, 7) is 4.73. The third kappa shape index (κ3) is 4.21. The molecule has 2 aromatic rings. The Morgan fingerprint density at radius 1 is 1.15 bits per heavy atom. The monoisotopic (exact) mass is 368 g/mol.